The number of benzene rings is 1. The van der Waals surface area contributed by atoms with E-state index in [0.717, 1.165) is 25.8 Å². The van der Waals surface area contributed by atoms with Crippen molar-refractivity contribution in [3.8, 4) is 11.1 Å². The summed E-state index contributed by atoms with van der Waals surface area (Å²) in [6, 6.07) is 12.8. The molecule has 210 valence electrons. The molecule has 1 aliphatic rings. The Labute approximate surface area is 226 Å². The van der Waals surface area contributed by atoms with Crippen molar-refractivity contribution in [2.24, 2.45) is 0 Å². The Balaban J connectivity index is 0.00000112. The molecule has 3 aromatic rings. The van der Waals surface area contributed by atoms with E-state index in [-0.39, 0.29) is 19.6 Å². The van der Waals surface area contributed by atoms with Gasteiger partial charge in [-0.25, -0.2) is 4.79 Å². The van der Waals surface area contributed by atoms with E-state index in [1.165, 1.54) is 40.7 Å². The highest BCUT2D eigenvalue weighted by Crippen LogP contribution is 2.29. The lowest BCUT2D eigenvalue weighted by atomic mass is 10.0. The number of ether oxygens (including phenoxy) is 1. The van der Waals surface area contributed by atoms with Crippen LogP contribution in [-0.2, 0) is 11.3 Å². The summed E-state index contributed by atoms with van der Waals surface area (Å²) in [4.78, 5) is 50.7. The maximum absolute atomic E-state index is 13.1. The number of aliphatic hydroxyl groups excluding tert-OH is 3. The fourth-order valence-corrected chi connectivity index (χ4v) is 3.94. The molecule has 0 aliphatic carbocycles. The monoisotopic (exact) mass is 589 g/mol. The Hall–Kier alpha value is -1.94. The Kier molecular flexibility index (Phi) is 15.8. The number of pyridine rings is 1. The number of aryl methyl sites for hydroxylation is 1. The van der Waals surface area contributed by atoms with E-state index in [1.54, 1.807) is 6.20 Å². The predicted octanol–water partition coefficient (Wildman–Crippen LogP) is -0.263. The van der Waals surface area contributed by atoms with Crippen LogP contribution >= 0.6 is 28.4 Å². The number of nitrogens with zero attached hydrogens (tertiary/aromatic N) is 3. The topological polar surface area (TPSA) is 187 Å². The molecule has 1 aliphatic heterocycles. The second kappa shape index (κ2) is 17.6. The SMILES string of the molecule is Cc1cnc(Cn2c(=O)ccn(C3OC(CCO)C(O)C3O)c2=O)cc1-c1ccccc1.OP.OP.OP. The van der Waals surface area contributed by atoms with Crippen molar-refractivity contribution in [3.63, 3.8) is 0 Å². The lowest BCUT2D eigenvalue weighted by molar-refractivity contribution is -0.0458. The van der Waals surface area contributed by atoms with E-state index in [0.29, 0.717) is 5.69 Å². The zero-order valence-corrected chi connectivity index (χ0v) is 24.1. The van der Waals surface area contributed by atoms with Crippen molar-refractivity contribution in [1.82, 2.24) is 14.1 Å². The average Bonchev–Trinajstić information content (AvgIpc) is 3.24. The number of hydrogen-bond donors (Lipinski definition) is 6. The van der Waals surface area contributed by atoms with Gasteiger partial charge in [0.1, 0.15) is 12.2 Å². The predicted molar refractivity (Wildman–Crippen MR) is 152 cm³/mol. The average molecular weight is 589 g/mol. The maximum Gasteiger partial charge on any atom is 0.333 e. The van der Waals surface area contributed by atoms with Gasteiger partial charge in [-0.05, 0) is 64.5 Å². The molecule has 15 heteroatoms. The molecule has 0 radical (unpaired) electrons. The fraction of sp³-hybridized carbons (Fsp3) is 0.348. The zero-order valence-electron chi connectivity index (χ0n) is 20.6. The molecule has 1 fully saturated rings. The van der Waals surface area contributed by atoms with Crippen LogP contribution in [0.15, 0.2) is 64.4 Å². The van der Waals surface area contributed by atoms with E-state index in [4.69, 9.17) is 24.5 Å². The molecular weight excluding hydrogens is 555 g/mol. The molecule has 0 saturated carbocycles. The number of rotatable bonds is 6. The molecule has 7 unspecified atom stereocenters. The molecule has 6 N–H and O–H groups in total. The van der Waals surface area contributed by atoms with Crippen molar-refractivity contribution in [1.29, 1.82) is 0 Å². The fourth-order valence-electron chi connectivity index (χ4n) is 3.94. The highest BCUT2D eigenvalue weighted by molar-refractivity contribution is 7.08. The van der Waals surface area contributed by atoms with Crippen LogP contribution in [0.1, 0.15) is 23.9 Å². The minimum absolute atomic E-state index is 0.0654. The van der Waals surface area contributed by atoms with Gasteiger partial charge in [0.2, 0.25) is 0 Å². The molecule has 12 nitrogen and oxygen atoms in total. The summed E-state index contributed by atoms with van der Waals surface area (Å²) in [7, 11) is 4.25. The van der Waals surface area contributed by atoms with Gasteiger partial charge in [-0.1, -0.05) is 30.3 Å². The van der Waals surface area contributed by atoms with E-state index < -0.39 is 35.8 Å². The lowest BCUT2D eigenvalue weighted by Gasteiger charge is -2.19. The van der Waals surface area contributed by atoms with Crippen LogP contribution in [-0.4, -0.2) is 69.0 Å². The summed E-state index contributed by atoms with van der Waals surface area (Å²) in [5.74, 6) is 0. The maximum atomic E-state index is 13.1. The molecule has 1 aromatic carbocycles. The third-order valence-corrected chi connectivity index (χ3v) is 5.69. The number of aliphatic hydroxyl groups is 3. The number of aromatic nitrogens is 3. The second-order valence-corrected chi connectivity index (χ2v) is 7.85. The van der Waals surface area contributed by atoms with Crippen LogP contribution in [0, 0.1) is 6.92 Å². The quantitative estimate of drug-likeness (QED) is 0.209. The van der Waals surface area contributed by atoms with Crippen LogP contribution in [0.3, 0.4) is 0 Å². The molecule has 4 rings (SSSR count). The van der Waals surface area contributed by atoms with Gasteiger partial charge in [0.05, 0.1) is 18.3 Å². The Bertz CT molecular complexity index is 1230. The minimum atomic E-state index is -1.38. The van der Waals surface area contributed by atoms with Crippen LogP contribution in [0.2, 0.25) is 0 Å². The third-order valence-electron chi connectivity index (χ3n) is 5.69. The van der Waals surface area contributed by atoms with Crippen molar-refractivity contribution < 1.29 is 34.7 Å². The van der Waals surface area contributed by atoms with Crippen molar-refractivity contribution >= 4 is 28.4 Å². The first-order valence-corrected chi connectivity index (χ1v) is 12.7. The van der Waals surface area contributed by atoms with Crippen LogP contribution in [0.5, 0.6) is 0 Å². The summed E-state index contributed by atoms with van der Waals surface area (Å²) >= 11 is 0. The molecule has 0 amide bonds. The van der Waals surface area contributed by atoms with Gasteiger partial charge in [-0.2, -0.15) is 0 Å². The zero-order chi connectivity index (χ0) is 28.8. The smallest absolute Gasteiger partial charge is 0.333 e. The summed E-state index contributed by atoms with van der Waals surface area (Å²) in [6.07, 6.45) is -1.58. The van der Waals surface area contributed by atoms with Gasteiger partial charge < -0.3 is 34.7 Å². The van der Waals surface area contributed by atoms with Gasteiger partial charge in [-0.15, -0.1) is 0 Å². The van der Waals surface area contributed by atoms with Crippen molar-refractivity contribution in [2.45, 2.75) is 44.4 Å². The summed E-state index contributed by atoms with van der Waals surface area (Å²) in [5, 5.41) is 29.6. The minimum Gasteiger partial charge on any atom is -0.396 e. The van der Waals surface area contributed by atoms with E-state index >= 15 is 0 Å². The second-order valence-electron chi connectivity index (χ2n) is 7.85. The normalized spacial score (nSPS) is 19.7. The highest BCUT2D eigenvalue weighted by Gasteiger charge is 2.43. The standard InChI is InChI=1S/C23H25N3O6.3H3OP/c1-14-12-24-16(11-17(14)15-5-3-2-4-6-15)13-26-19(28)7-9-25(23(26)31)22-21(30)20(29)18(32-22)8-10-27;3*1-2/h2-7,9,11-12,18,20-22,27,29-30H,8,10,13H2,1H3;3*1H,2H2. The van der Waals surface area contributed by atoms with Crippen molar-refractivity contribution in [3.05, 3.63) is 87.0 Å². The third kappa shape index (κ3) is 8.28. The highest BCUT2D eigenvalue weighted by atomic mass is 31.0. The van der Waals surface area contributed by atoms with Gasteiger partial charge in [0, 0.05) is 25.1 Å². The Morgan fingerprint density at radius 3 is 2.21 bits per heavy atom. The number of hydrogen-bond acceptors (Lipinski definition) is 10. The molecule has 7 atom stereocenters. The van der Waals surface area contributed by atoms with Crippen LogP contribution in [0.25, 0.3) is 11.1 Å². The largest absolute Gasteiger partial charge is 0.396 e. The summed E-state index contributed by atoms with van der Waals surface area (Å²) < 4.78 is 7.69. The Morgan fingerprint density at radius 2 is 1.61 bits per heavy atom. The molecule has 3 heterocycles. The summed E-state index contributed by atoms with van der Waals surface area (Å²) in [5.41, 5.74) is 2.22. The van der Waals surface area contributed by atoms with Gasteiger partial charge in [-0.3, -0.25) is 18.9 Å². The molecule has 38 heavy (non-hydrogen) atoms. The Morgan fingerprint density at radius 1 is 0.974 bits per heavy atom. The first-order chi connectivity index (χ1) is 18.4. The molecule has 1 saturated heterocycles. The summed E-state index contributed by atoms with van der Waals surface area (Å²) in [6.45, 7) is 1.64. The molecule has 0 spiro atoms. The van der Waals surface area contributed by atoms with Crippen LogP contribution < -0.4 is 11.2 Å². The van der Waals surface area contributed by atoms with Gasteiger partial charge in [0.25, 0.3) is 5.56 Å². The van der Waals surface area contributed by atoms with Crippen molar-refractivity contribution in [2.75, 3.05) is 6.61 Å². The molecule has 0 bridgehead atoms. The van der Waals surface area contributed by atoms with Crippen LogP contribution in [0.4, 0.5) is 0 Å². The first-order valence-electron chi connectivity index (χ1n) is 11.1. The van der Waals surface area contributed by atoms with E-state index in [9.17, 15) is 19.8 Å². The molecular formula is C23H34N3O9P3. The van der Waals surface area contributed by atoms with Gasteiger partial charge >= 0.3 is 5.69 Å². The van der Waals surface area contributed by atoms with Gasteiger partial charge in [0.15, 0.2) is 6.23 Å². The lowest BCUT2D eigenvalue weighted by Crippen LogP contribution is -2.43. The first kappa shape index (κ1) is 34.1. The molecule has 2 aromatic heterocycles. The van der Waals surface area contributed by atoms with E-state index in [2.05, 4.69) is 4.98 Å². The van der Waals surface area contributed by atoms with E-state index in [1.807, 2.05) is 43.3 Å².